The highest BCUT2D eigenvalue weighted by molar-refractivity contribution is 5.75. The Bertz CT molecular complexity index is 203. The van der Waals surface area contributed by atoms with Gasteiger partial charge in [-0.05, 0) is 19.0 Å². The monoisotopic (exact) mass is 188 g/mol. The van der Waals surface area contributed by atoms with Crippen molar-refractivity contribution in [2.24, 2.45) is 5.92 Å². The van der Waals surface area contributed by atoms with E-state index < -0.39 is 12.6 Å². The number of carbonyl (C=O) groups is 2. The van der Waals surface area contributed by atoms with Gasteiger partial charge in [0.25, 0.3) is 0 Å². The molecule has 1 fully saturated rings. The Morgan fingerprint density at radius 3 is 2.69 bits per heavy atom. The van der Waals surface area contributed by atoms with Gasteiger partial charge in [0.1, 0.15) is 0 Å². The summed E-state index contributed by atoms with van der Waals surface area (Å²) in [5.74, 6) is -1.02. The molecule has 0 aromatic carbocycles. The second-order valence-electron chi connectivity index (χ2n) is 2.94. The van der Waals surface area contributed by atoms with Crippen LogP contribution in [0.3, 0.4) is 0 Å². The molecule has 0 aromatic heterocycles. The minimum Gasteiger partial charge on any atom is -0.479 e. The molecular formula is C7H12N2O4. The van der Waals surface area contributed by atoms with Crippen LogP contribution in [0.25, 0.3) is 0 Å². The minimum absolute atomic E-state index is 0.271. The zero-order valence-electron chi connectivity index (χ0n) is 7.08. The van der Waals surface area contributed by atoms with Crippen molar-refractivity contribution in [1.29, 1.82) is 0 Å². The molecule has 1 saturated heterocycles. The molecule has 1 aliphatic heterocycles. The number of amides is 1. The van der Waals surface area contributed by atoms with Gasteiger partial charge in [-0.2, -0.15) is 0 Å². The summed E-state index contributed by atoms with van der Waals surface area (Å²) >= 11 is 0. The average Bonchev–Trinajstić information content (AvgIpc) is 1.96. The van der Waals surface area contributed by atoms with Gasteiger partial charge >= 0.3 is 5.97 Å². The molecule has 1 rings (SSSR count). The van der Waals surface area contributed by atoms with Gasteiger partial charge in [0.05, 0.1) is 0 Å². The Labute approximate surface area is 75.2 Å². The third-order valence-electron chi connectivity index (χ3n) is 1.72. The summed E-state index contributed by atoms with van der Waals surface area (Å²) in [6.45, 7) is 1.17. The highest BCUT2D eigenvalue weighted by Crippen LogP contribution is 2.07. The maximum atomic E-state index is 11.0. The SMILES string of the molecule is O=C(O)CONC(=O)CC1CNC1. The van der Waals surface area contributed by atoms with Gasteiger partial charge in [-0.3, -0.25) is 9.63 Å². The summed E-state index contributed by atoms with van der Waals surface area (Å²) in [5.41, 5.74) is 2.07. The van der Waals surface area contributed by atoms with Crippen molar-refractivity contribution in [2.75, 3.05) is 19.7 Å². The standard InChI is InChI=1S/C7H12N2O4/c10-6(1-5-2-8-3-5)9-13-4-7(11)12/h5,8H,1-4H2,(H,9,10)(H,11,12). The molecule has 0 unspecified atom stereocenters. The number of carbonyl (C=O) groups excluding carboxylic acids is 1. The van der Waals surface area contributed by atoms with E-state index in [1.165, 1.54) is 0 Å². The molecule has 1 heterocycles. The summed E-state index contributed by atoms with van der Waals surface area (Å²) in [7, 11) is 0. The smallest absolute Gasteiger partial charge is 0.332 e. The lowest BCUT2D eigenvalue weighted by Crippen LogP contribution is -2.44. The predicted octanol–water partition coefficient (Wildman–Crippen LogP) is -1.27. The number of carboxylic acid groups (broad SMARTS) is 1. The molecular weight excluding hydrogens is 176 g/mol. The van der Waals surface area contributed by atoms with Crippen molar-refractivity contribution in [1.82, 2.24) is 10.8 Å². The highest BCUT2D eigenvalue weighted by Gasteiger charge is 2.19. The molecule has 0 bridgehead atoms. The fraction of sp³-hybridized carbons (Fsp3) is 0.714. The van der Waals surface area contributed by atoms with Crippen LogP contribution >= 0.6 is 0 Å². The van der Waals surface area contributed by atoms with Crippen LogP contribution in [0.4, 0.5) is 0 Å². The van der Waals surface area contributed by atoms with Gasteiger partial charge in [0, 0.05) is 6.42 Å². The molecule has 6 heteroatoms. The van der Waals surface area contributed by atoms with E-state index >= 15 is 0 Å². The van der Waals surface area contributed by atoms with E-state index in [0.717, 1.165) is 13.1 Å². The molecule has 0 spiro atoms. The van der Waals surface area contributed by atoms with Gasteiger partial charge in [-0.25, -0.2) is 10.3 Å². The number of aliphatic carboxylic acids is 1. The van der Waals surface area contributed by atoms with Crippen molar-refractivity contribution >= 4 is 11.9 Å². The third kappa shape index (κ3) is 3.86. The van der Waals surface area contributed by atoms with E-state index in [2.05, 4.69) is 15.6 Å². The van der Waals surface area contributed by atoms with E-state index in [9.17, 15) is 9.59 Å². The zero-order chi connectivity index (χ0) is 9.68. The first kappa shape index (κ1) is 9.94. The van der Waals surface area contributed by atoms with Crippen LogP contribution in [0.2, 0.25) is 0 Å². The van der Waals surface area contributed by atoms with Gasteiger partial charge in [-0.15, -0.1) is 0 Å². The van der Waals surface area contributed by atoms with Gasteiger partial charge in [0.2, 0.25) is 5.91 Å². The Morgan fingerprint density at radius 1 is 1.54 bits per heavy atom. The third-order valence-corrected chi connectivity index (χ3v) is 1.72. The van der Waals surface area contributed by atoms with Crippen LogP contribution in [0.15, 0.2) is 0 Å². The lowest BCUT2D eigenvalue weighted by Gasteiger charge is -2.25. The molecule has 1 aliphatic rings. The first-order valence-electron chi connectivity index (χ1n) is 4.01. The van der Waals surface area contributed by atoms with Crippen molar-refractivity contribution < 1.29 is 19.5 Å². The Hall–Kier alpha value is -1.14. The summed E-state index contributed by atoms with van der Waals surface area (Å²) in [5, 5.41) is 11.2. The molecule has 0 saturated carbocycles. The number of carboxylic acids is 1. The maximum Gasteiger partial charge on any atom is 0.332 e. The molecule has 3 N–H and O–H groups in total. The normalized spacial score (nSPS) is 16.3. The van der Waals surface area contributed by atoms with Crippen LogP contribution in [0.5, 0.6) is 0 Å². The van der Waals surface area contributed by atoms with E-state index in [-0.39, 0.29) is 5.91 Å². The lowest BCUT2D eigenvalue weighted by atomic mass is 9.99. The molecule has 0 aliphatic carbocycles. The quantitative estimate of drug-likeness (QED) is 0.468. The van der Waals surface area contributed by atoms with Crippen LogP contribution in [-0.4, -0.2) is 36.7 Å². The highest BCUT2D eigenvalue weighted by atomic mass is 16.7. The molecule has 13 heavy (non-hydrogen) atoms. The summed E-state index contributed by atoms with van der Waals surface area (Å²) < 4.78 is 0. The number of nitrogens with one attached hydrogen (secondary N) is 2. The average molecular weight is 188 g/mol. The minimum atomic E-state index is -1.11. The summed E-state index contributed by atoms with van der Waals surface area (Å²) in [4.78, 5) is 25.4. The van der Waals surface area contributed by atoms with Gasteiger partial charge in [0.15, 0.2) is 6.61 Å². The largest absolute Gasteiger partial charge is 0.479 e. The van der Waals surface area contributed by atoms with E-state index in [0.29, 0.717) is 12.3 Å². The Kier molecular flexibility index (Phi) is 3.66. The second-order valence-corrected chi connectivity index (χ2v) is 2.94. The number of hydroxylamine groups is 1. The molecule has 74 valence electrons. The fourth-order valence-corrected chi connectivity index (χ4v) is 0.975. The fourth-order valence-electron chi connectivity index (χ4n) is 0.975. The Morgan fingerprint density at radius 2 is 2.23 bits per heavy atom. The Balaban J connectivity index is 2.00. The van der Waals surface area contributed by atoms with Crippen molar-refractivity contribution in [3.05, 3.63) is 0 Å². The van der Waals surface area contributed by atoms with E-state index in [1.54, 1.807) is 0 Å². The maximum absolute atomic E-state index is 11.0. The van der Waals surface area contributed by atoms with Crippen LogP contribution < -0.4 is 10.8 Å². The molecule has 0 aromatic rings. The number of rotatable bonds is 5. The van der Waals surface area contributed by atoms with Crippen LogP contribution in [0, 0.1) is 5.92 Å². The van der Waals surface area contributed by atoms with Crippen LogP contribution in [0.1, 0.15) is 6.42 Å². The van der Waals surface area contributed by atoms with Crippen molar-refractivity contribution in [3.63, 3.8) is 0 Å². The van der Waals surface area contributed by atoms with Gasteiger partial charge in [-0.1, -0.05) is 0 Å². The van der Waals surface area contributed by atoms with Crippen LogP contribution in [-0.2, 0) is 14.4 Å². The lowest BCUT2D eigenvalue weighted by molar-refractivity contribution is -0.149. The molecule has 6 nitrogen and oxygen atoms in total. The molecule has 1 amide bonds. The molecule has 0 atom stereocenters. The van der Waals surface area contributed by atoms with E-state index in [1.807, 2.05) is 0 Å². The van der Waals surface area contributed by atoms with Crippen molar-refractivity contribution in [2.45, 2.75) is 6.42 Å². The molecule has 0 radical (unpaired) electrons. The van der Waals surface area contributed by atoms with Gasteiger partial charge < -0.3 is 10.4 Å². The van der Waals surface area contributed by atoms with Crippen molar-refractivity contribution in [3.8, 4) is 0 Å². The first-order valence-corrected chi connectivity index (χ1v) is 4.01. The summed E-state index contributed by atoms with van der Waals surface area (Å²) in [6.07, 6.45) is 0.382. The second kappa shape index (κ2) is 4.78. The predicted molar refractivity (Wildman–Crippen MR) is 42.7 cm³/mol. The number of hydrogen-bond acceptors (Lipinski definition) is 4. The van der Waals surface area contributed by atoms with E-state index in [4.69, 9.17) is 5.11 Å². The topological polar surface area (TPSA) is 87.7 Å². The zero-order valence-corrected chi connectivity index (χ0v) is 7.08. The summed E-state index contributed by atoms with van der Waals surface area (Å²) in [6, 6.07) is 0. The first-order chi connectivity index (χ1) is 6.18. The number of hydrogen-bond donors (Lipinski definition) is 3.